The first-order chi connectivity index (χ1) is 9.01. The van der Waals surface area contributed by atoms with E-state index in [4.69, 9.17) is 0 Å². The highest BCUT2D eigenvalue weighted by Gasteiger charge is 2.60. The highest BCUT2D eigenvalue weighted by atomic mass is 32.1. The van der Waals surface area contributed by atoms with Gasteiger partial charge < -0.3 is 0 Å². The molecule has 1 aromatic carbocycles. The van der Waals surface area contributed by atoms with Crippen LogP contribution >= 0.6 is 11.3 Å². The van der Waals surface area contributed by atoms with Crippen LogP contribution in [0, 0.1) is 5.41 Å². The molecule has 3 rings (SSSR count). The standard InChI is InChI=1S/C17H21NS/c1-11(2)13-10-18-16(19-13)15-14(17(15,3)4)12-8-6-5-7-9-12/h5-11,14-15H,1-4H3/t14-,15+/m0/s1. The molecule has 0 saturated heterocycles. The Morgan fingerprint density at radius 1 is 1.11 bits per heavy atom. The fourth-order valence-electron chi connectivity index (χ4n) is 3.09. The van der Waals surface area contributed by atoms with Gasteiger partial charge in [0.25, 0.3) is 0 Å². The van der Waals surface area contributed by atoms with Gasteiger partial charge in [-0.15, -0.1) is 11.3 Å². The summed E-state index contributed by atoms with van der Waals surface area (Å²) in [6.45, 7) is 9.21. The molecule has 100 valence electrons. The molecule has 2 atom stereocenters. The van der Waals surface area contributed by atoms with E-state index in [-0.39, 0.29) is 0 Å². The number of rotatable bonds is 3. The highest BCUT2D eigenvalue weighted by molar-refractivity contribution is 7.11. The summed E-state index contributed by atoms with van der Waals surface area (Å²) >= 11 is 1.90. The van der Waals surface area contributed by atoms with Crippen LogP contribution in [-0.2, 0) is 0 Å². The molecular formula is C17H21NS. The second-order valence-corrected chi connectivity index (χ2v) is 7.54. The first-order valence-electron chi connectivity index (χ1n) is 7.02. The summed E-state index contributed by atoms with van der Waals surface area (Å²) in [5, 5.41) is 1.32. The van der Waals surface area contributed by atoms with E-state index in [1.54, 1.807) is 0 Å². The van der Waals surface area contributed by atoms with Gasteiger partial charge in [0.15, 0.2) is 0 Å². The molecule has 1 saturated carbocycles. The van der Waals surface area contributed by atoms with Gasteiger partial charge in [0.2, 0.25) is 0 Å². The van der Waals surface area contributed by atoms with Crippen molar-refractivity contribution in [3.05, 3.63) is 52.0 Å². The topological polar surface area (TPSA) is 12.9 Å². The second-order valence-electron chi connectivity index (χ2n) is 6.44. The third kappa shape index (κ3) is 2.12. The Labute approximate surface area is 119 Å². The van der Waals surface area contributed by atoms with E-state index in [1.807, 2.05) is 11.3 Å². The Hall–Kier alpha value is -1.15. The zero-order valence-corrected chi connectivity index (χ0v) is 12.9. The van der Waals surface area contributed by atoms with Crippen molar-refractivity contribution < 1.29 is 0 Å². The molecule has 1 aromatic heterocycles. The summed E-state index contributed by atoms with van der Waals surface area (Å²) in [7, 11) is 0. The summed E-state index contributed by atoms with van der Waals surface area (Å²) in [6.07, 6.45) is 2.07. The van der Waals surface area contributed by atoms with Crippen LogP contribution < -0.4 is 0 Å². The predicted octanol–water partition coefficient (Wildman–Crippen LogP) is 5.17. The quantitative estimate of drug-likeness (QED) is 0.750. The minimum Gasteiger partial charge on any atom is -0.249 e. The predicted molar refractivity (Wildman–Crippen MR) is 81.9 cm³/mol. The van der Waals surface area contributed by atoms with E-state index in [0.717, 1.165) is 0 Å². The molecule has 0 aliphatic heterocycles. The molecule has 2 heteroatoms. The molecule has 1 nitrogen and oxygen atoms in total. The molecule has 1 heterocycles. The van der Waals surface area contributed by atoms with E-state index < -0.39 is 0 Å². The lowest BCUT2D eigenvalue weighted by Crippen LogP contribution is -1.89. The zero-order valence-electron chi connectivity index (χ0n) is 12.1. The molecule has 0 spiro atoms. The van der Waals surface area contributed by atoms with E-state index in [0.29, 0.717) is 23.2 Å². The average molecular weight is 271 g/mol. The highest BCUT2D eigenvalue weighted by Crippen LogP contribution is 2.70. The van der Waals surface area contributed by atoms with Crippen LogP contribution in [-0.4, -0.2) is 4.98 Å². The molecule has 0 bridgehead atoms. The van der Waals surface area contributed by atoms with E-state index in [2.05, 4.69) is 69.2 Å². The van der Waals surface area contributed by atoms with Crippen LogP contribution in [0.3, 0.4) is 0 Å². The SMILES string of the molecule is CC(C)c1cnc([C@H]2[C@H](c3ccccc3)C2(C)C)s1. The van der Waals surface area contributed by atoms with Gasteiger partial charge >= 0.3 is 0 Å². The zero-order chi connectivity index (χ0) is 13.6. The van der Waals surface area contributed by atoms with Gasteiger partial charge in [0, 0.05) is 17.0 Å². The molecule has 1 aliphatic rings. The summed E-state index contributed by atoms with van der Waals surface area (Å²) in [4.78, 5) is 6.10. The lowest BCUT2D eigenvalue weighted by Gasteiger charge is -2.01. The maximum Gasteiger partial charge on any atom is 0.0970 e. The number of hydrogen-bond donors (Lipinski definition) is 0. The van der Waals surface area contributed by atoms with Gasteiger partial charge in [-0.1, -0.05) is 58.0 Å². The molecule has 19 heavy (non-hydrogen) atoms. The summed E-state index contributed by atoms with van der Waals surface area (Å²) < 4.78 is 0. The van der Waals surface area contributed by atoms with Crippen molar-refractivity contribution in [3.63, 3.8) is 0 Å². The fourth-order valence-corrected chi connectivity index (χ4v) is 4.35. The van der Waals surface area contributed by atoms with Crippen LogP contribution in [0.4, 0.5) is 0 Å². The maximum absolute atomic E-state index is 4.69. The number of nitrogens with zero attached hydrogens (tertiary/aromatic N) is 1. The van der Waals surface area contributed by atoms with Crippen LogP contribution in [0.5, 0.6) is 0 Å². The Morgan fingerprint density at radius 3 is 2.37 bits per heavy atom. The average Bonchev–Trinajstić information content (AvgIpc) is 2.77. The van der Waals surface area contributed by atoms with Crippen LogP contribution in [0.25, 0.3) is 0 Å². The molecule has 2 aromatic rings. The van der Waals surface area contributed by atoms with Gasteiger partial charge in [0.05, 0.1) is 5.01 Å². The molecule has 1 fully saturated rings. The van der Waals surface area contributed by atoms with Gasteiger partial charge in [-0.2, -0.15) is 0 Å². The van der Waals surface area contributed by atoms with Gasteiger partial charge in [-0.25, -0.2) is 4.98 Å². The minimum absolute atomic E-state index is 0.341. The third-order valence-corrected chi connectivity index (χ3v) is 5.74. The van der Waals surface area contributed by atoms with Crippen LogP contribution in [0.2, 0.25) is 0 Å². The van der Waals surface area contributed by atoms with E-state index in [1.165, 1.54) is 15.4 Å². The number of benzene rings is 1. The lowest BCUT2D eigenvalue weighted by atomic mass is 10.0. The van der Waals surface area contributed by atoms with E-state index >= 15 is 0 Å². The Balaban J connectivity index is 1.89. The molecule has 0 unspecified atom stereocenters. The number of aromatic nitrogens is 1. The number of thiazole rings is 1. The maximum atomic E-state index is 4.69. The fraction of sp³-hybridized carbons (Fsp3) is 0.471. The smallest absolute Gasteiger partial charge is 0.0970 e. The first kappa shape index (κ1) is 12.9. The largest absolute Gasteiger partial charge is 0.249 e. The second kappa shape index (κ2) is 4.45. The Bertz CT molecular complexity index is 568. The molecule has 0 amide bonds. The lowest BCUT2D eigenvalue weighted by molar-refractivity contribution is 0.601. The van der Waals surface area contributed by atoms with Crippen molar-refractivity contribution in [1.82, 2.24) is 4.98 Å². The van der Waals surface area contributed by atoms with Gasteiger partial charge in [-0.3, -0.25) is 0 Å². The third-order valence-electron chi connectivity index (χ3n) is 4.36. The summed E-state index contributed by atoms with van der Waals surface area (Å²) in [5.41, 5.74) is 1.80. The van der Waals surface area contributed by atoms with Gasteiger partial charge in [-0.05, 0) is 22.8 Å². The van der Waals surface area contributed by atoms with Crippen molar-refractivity contribution in [2.24, 2.45) is 5.41 Å². The monoisotopic (exact) mass is 271 g/mol. The summed E-state index contributed by atoms with van der Waals surface area (Å²) in [6, 6.07) is 10.9. The van der Waals surface area contributed by atoms with Gasteiger partial charge in [0.1, 0.15) is 0 Å². The van der Waals surface area contributed by atoms with E-state index in [9.17, 15) is 0 Å². The normalized spacial score (nSPS) is 24.7. The van der Waals surface area contributed by atoms with Crippen molar-refractivity contribution in [2.45, 2.75) is 45.4 Å². The van der Waals surface area contributed by atoms with Crippen molar-refractivity contribution >= 4 is 11.3 Å². The molecular weight excluding hydrogens is 250 g/mol. The van der Waals surface area contributed by atoms with Crippen LogP contribution in [0.1, 0.15) is 60.9 Å². The number of hydrogen-bond acceptors (Lipinski definition) is 2. The Morgan fingerprint density at radius 2 is 1.79 bits per heavy atom. The minimum atomic E-state index is 0.341. The molecule has 0 radical (unpaired) electrons. The Kier molecular flexibility index (Phi) is 3.01. The van der Waals surface area contributed by atoms with Crippen molar-refractivity contribution in [1.29, 1.82) is 0 Å². The van der Waals surface area contributed by atoms with Crippen molar-refractivity contribution in [3.8, 4) is 0 Å². The summed E-state index contributed by atoms with van der Waals surface area (Å²) in [5.74, 6) is 1.80. The van der Waals surface area contributed by atoms with Crippen LogP contribution in [0.15, 0.2) is 36.5 Å². The first-order valence-corrected chi connectivity index (χ1v) is 7.84. The van der Waals surface area contributed by atoms with Crippen molar-refractivity contribution in [2.75, 3.05) is 0 Å². The molecule has 1 aliphatic carbocycles. The molecule has 0 N–H and O–H groups in total.